The van der Waals surface area contributed by atoms with E-state index in [9.17, 15) is 0 Å². The molecule has 0 saturated carbocycles. The summed E-state index contributed by atoms with van der Waals surface area (Å²) in [6.45, 7) is 9.21. The highest BCUT2D eigenvalue weighted by molar-refractivity contribution is 4.93. The van der Waals surface area contributed by atoms with E-state index in [2.05, 4.69) is 31.1 Å². The zero-order chi connectivity index (χ0) is 9.90. The minimum atomic E-state index is 0.194. The van der Waals surface area contributed by atoms with Crippen molar-refractivity contribution in [2.45, 2.75) is 51.6 Å². The number of likely N-dealkylation sites (tertiary alicyclic amines) is 1. The van der Waals surface area contributed by atoms with E-state index in [-0.39, 0.29) is 5.54 Å². The fraction of sp³-hybridized carbons (Fsp3) is 1.00. The third kappa shape index (κ3) is 2.22. The van der Waals surface area contributed by atoms with Gasteiger partial charge in [-0.2, -0.15) is 0 Å². The van der Waals surface area contributed by atoms with Gasteiger partial charge in [0, 0.05) is 11.6 Å². The lowest BCUT2D eigenvalue weighted by atomic mass is 9.91. The maximum Gasteiger partial charge on any atom is 0.0386 e. The number of hydrazine groups is 1. The Labute approximate surface area is 81.6 Å². The Morgan fingerprint density at radius 1 is 1.38 bits per heavy atom. The first kappa shape index (κ1) is 11.0. The van der Waals surface area contributed by atoms with Crippen molar-refractivity contribution < 1.29 is 0 Å². The van der Waals surface area contributed by atoms with Crippen molar-refractivity contribution in [3.8, 4) is 0 Å². The average molecular weight is 185 g/mol. The second kappa shape index (κ2) is 4.40. The SMILES string of the molecule is CCC(NN)C(C)(C)N1CCCC1. The Bertz CT molecular complexity index is 142. The summed E-state index contributed by atoms with van der Waals surface area (Å²) >= 11 is 0. The summed E-state index contributed by atoms with van der Waals surface area (Å²) in [6.07, 6.45) is 3.76. The normalized spacial score (nSPS) is 22.2. The van der Waals surface area contributed by atoms with Gasteiger partial charge in [0.1, 0.15) is 0 Å². The van der Waals surface area contributed by atoms with Crippen LogP contribution in [0.15, 0.2) is 0 Å². The van der Waals surface area contributed by atoms with Gasteiger partial charge in [-0.25, -0.2) is 0 Å². The molecule has 1 heterocycles. The Kier molecular flexibility index (Phi) is 3.71. The van der Waals surface area contributed by atoms with Crippen LogP contribution in [-0.4, -0.2) is 29.6 Å². The monoisotopic (exact) mass is 185 g/mol. The second-order valence-corrected chi connectivity index (χ2v) is 4.48. The van der Waals surface area contributed by atoms with Crippen LogP contribution in [0.1, 0.15) is 40.0 Å². The minimum absolute atomic E-state index is 0.194. The van der Waals surface area contributed by atoms with Crippen LogP contribution in [0.25, 0.3) is 0 Å². The van der Waals surface area contributed by atoms with Crippen molar-refractivity contribution in [3.05, 3.63) is 0 Å². The van der Waals surface area contributed by atoms with Crippen LogP contribution in [0.5, 0.6) is 0 Å². The third-order valence-electron chi connectivity index (χ3n) is 3.38. The van der Waals surface area contributed by atoms with Crippen LogP contribution >= 0.6 is 0 Å². The molecule has 1 fully saturated rings. The average Bonchev–Trinajstić information content (AvgIpc) is 2.58. The molecule has 3 N–H and O–H groups in total. The van der Waals surface area contributed by atoms with E-state index in [0.717, 1.165) is 6.42 Å². The predicted octanol–water partition coefficient (Wildman–Crippen LogP) is 1.10. The van der Waals surface area contributed by atoms with Gasteiger partial charge in [-0.05, 0) is 46.2 Å². The molecule has 1 rings (SSSR count). The fourth-order valence-corrected chi connectivity index (χ4v) is 2.34. The largest absolute Gasteiger partial charge is 0.297 e. The molecule has 1 aliphatic heterocycles. The zero-order valence-electron chi connectivity index (χ0n) is 9.14. The molecule has 78 valence electrons. The van der Waals surface area contributed by atoms with Crippen molar-refractivity contribution >= 4 is 0 Å². The van der Waals surface area contributed by atoms with Crippen LogP contribution in [0.2, 0.25) is 0 Å². The van der Waals surface area contributed by atoms with E-state index in [4.69, 9.17) is 5.84 Å². The first-order chi connectivity index (χ1) is 6.12. The molecule has 3 heteroatoms. The Hall–Kier alpha value is -0.120. The summed E-state index contributed by atoms with van der Waals surface area (Å²) in [5.74, 6) is 5.56. The van der Waals surface area contributed by atoms with Gasteiger partial charge in [0.15, 0.2) is 0 Å². The third-order valence-corrected chi connectivity index (χ3v) is 3.38. The van der Waals surface area contributed by atoms with Crippen molar-refractivity contribution in [2.75, 3.05) is 13.1 Å². The summed E-state index contributed by atoms with van der Waals surface area (Å²) in [7, 11) is 0. The lowest BCUT2D eigenvalue weighted by Gasteiger charge is -2.41. The molecule has 1 atom stereocenters. The van der Waals surface area contributed by atoms with Gasteiger partial charge in [0.25, 0.3) is 0 Å². The van der Waals surface area contributed by atoms with E-state index in [0.29, 0.717) is 6.04 Å². The standard InChI is InChI=1S/C10H23N3/c1-4-9(12-11)10(2,3)13-7-5-6-8-13/h9,12H,4-8,11H2,1-3H3. The Morgan fingerprint density at radius 2 is 1.92 bits per heavy atom. The lowest BCUT2D eigenvalue weighted by molar-refractivity contribution is 0.105. The number of nitrogens with one attached hydrogen (secondary N) is 1. The Balaban J connectivity index is 2.60. The topological polar surface area (TPSA) is 41.3 Å². The summed E-state index contributed by atoms with van der Waals surface area (Å²) in [5, 5.41) is 0. The molecule has 13 heavy (non-hydrogen) atoms. The number of nitrogens with zero attached hydrogens (tertiary/aromatic N) is 1. The summed E-state index contributed by atoms with van der Waals surface area (Å²) < 4.78 is 0. The van der Waals surface area contributed by atoms with E-state index >= 15 is 0 Å². The molecule has 1 aliphatic rings. The van der Waals surface area contributed by atoms with Gasteiger partial charge >= 0.3 is 0 Å². The summed E-state index contributed by atoms with van der Waals surface area (Å²) in [5.41, 5.74) is 3.12. The van der Waals surface area contributed by atoms with Crippen LogP contribution in [0.4, 0.5) is 0 Å². The second-order valence-electron chi connectivity index (χ2n) is 4.48. The smallest absolute Gasteiger partial charge is 0.0386 e. The highest BCUT2D eigenvalue weighted by Crippen LogP contribution is 2.25. The van der Waals surface area contributed by atoms with E-state index in [1.54, 1.807) is 0 Å². The molecule has 3 nitrogen and oxygen atoms in total. The molecule has 1 unspecified atom stereocenters. The fourth-order valence-electron chi connectivity index (χ4n) is 2.34. The minimum Gasteiger partial charge on any atom is -0.297 e. The van der Waals surface area contributed by atoms with Gasteiger partial charge in [0.2, 0.25) is 0 Å². The van der Waals surface area contributed by atoms with Crippen LogP contribution in [-0.2, 0) is 0 Å². The van der Waals surface area contributed by atoms with Crippen LogP contribution < -0.4 is 11.3 Å². The van der Waals surface area contributed by atoms with E-state index < -0.39 is 0 Å². The molecule has 0 bridgehead atoms. The van der Waals surface area contributed by atoms with E-state index in [1.165, 1.54) is 25.9 Å². The molecular formula is C10H23N3. The van der Waals surface area contributed by atoms with Gasteiger partial charge < -0.3 is 0 Å². The van der Waals surface area contributed by atoms with Gasteiger partial charge in [-0.3, -0.25) is 16.2 Å². The number of nitrogens with two attached hydrogens (primary N) is 1. The van der Waals surface area contributed by atoms with Gasteiger partial charge in [0.05, 0.1) is 0 Å². The molecule has 0 aromatic rings. The summed E-state index contributed by atoms with van der Waals surface area (Å²) in [4.78, 5) is 2.54. The molecule has 0 aromatic heterocycles. The Morgan fingerprint density at radius 3 is 2.31 bits per heavy atom. The first-order valence-electron chi connectivity index (χ1n) is 5.34. The van der Waals surface area contributed by atoms with Crippen LogP contribution in [0.3, 0.4) is 0 Å². The molecule has 0 radical (unpaired) electrons. The maximum atomic E-state index is 5.56. The number of hydrogen-bond donors (Lipinski definition) is 2. The van der Waals surface area contributed by atoms with Crippen molar-refractivity contribution in [3.63, 3.8) is 0 Å². The highest BCUT2D eigenvalue weighted by atomic mass is 15.3. The highest BCUT2D eigenvalue weighted by Gasteiger charge is 2.34. The first-order valence-corrected chi connectivity index (χ1v) is 5.34. The van der Waals surface area contributed by atoms with Crippen molar-refractivity contribution in [2.24, 2.45) is 5.84 Å². The molecular weight excluding hydrogens is 162 g/mol. The van der Waals surface area contributed by atoms with Crippen molar-refractivity contribution in [1.29, 1.82) is 0 Å². The summed E-state index contributed by atoms with van der Waals surface area (Å²) in [6, 6.07) is 0.394. The molecule has 0 spiro atoms. The lowest BCUT2D eigenvalue weighted by Crippen LogP contribution is -2.58. The quantitative estimate of drug-likeness (QED) is 0.509. The molecule has 0 aromatic carbocycles. The van der Waals surface area contributed by atoms with Crippen molar-refractivity contribution in [1.82, 2.24) is 10.3 Å². The molecule has 0 amide bonds. The molecule has 0 aliphatic carbocycles. The van der Waals surface area contributed by atoms with Crippen LogP contribution in [0, 0.1) is 0 Å². The van der Waals surface area contributed by atoms with Gasteiger partial charge in [-0.15, -0.1) is 0 Å². The number of hydrogen-bond acceptors (Lipinski definition) is 3. The maximum absolute atomic E-state index is 5.56. The zero-order valence-corrected chi connectivity index (χ0v) is 9.14. The van der Waals surface area contributed by atoms with E-state index in [1.807, 2.05) is 0 Å². The molecule has 1 saturated heterocycles. The predicted molar refractivity (Wildman–Crippen MR) is 56.3 cm³/mol. The van der Waals surface area contributed by atoms with Gasteiger partial charge in [-0.1, -0.05) is 6.92 Å². The number of rotatable bonds is 4.